The zero-order valence-electron chi connectivity index (χ0n) is 14.9. The van der Waals surface area contributed by atoms with E-state index in [0.717, 1.165) is 5.56 Å². The second-order valence-corrected chi connectivity index (χ2v) is 6.18. The third-order valence-corrected chi connectivity index (χ3v) is 4.37. The Balaban J connectivity index is 1.73. The predicted octanol–water partition coefficient (Wildman–Crippen LogP) is 3.06. The van der Waals surface area contributed by atoms with Gasteiger partial charge in [0.15, 0.2) is 11.6 Å². The van der Waals surface area contributed by atoms with E-state index in [-0.39, 0.29) is 24.6 Å². The third kappa shape index (κ3) is 4.53. The lowest BCUT2D eigenvalue weighted by molar-refractivity contribution is -0.149. The van der Waals surface area contributed by atoms with Gasteiger partial charge >= 0.3 is 5.97 Å². The Morgan fingerprint density at radius 2 is 1.81 bits per heavy atom. The van der Waals surface area contributed by atoms with Crippen LogP contribution >= 0.6 is 0 Å². The molecular weight excluding hydrogens is 349 g/mol. The van der Waals surface area contributed by atoms with Crippen molar-refractivity contribution >= 4 is 18.0 Å². The number of rotatable bonds is 5. The van der Waals surface area contributed by atoms with E-state index < -0.39 is 23.9 Å². The summed E-state index contributed by atoms with van der Waals surface area (Å²) < 4.78 is 24.3. The van der Waals surface area contributed by atoms with E-state index >= 15 is 0 Å². The summed E-state index contributed by atoms with van der Waals surface area (Å²) in [6, 6.07) is 14.7. The van der Waals surface area contributed by atoms with Gasteiger partial charge in [-0.05, 0) is 23.8 Å². The molecular formula is C21H20FNO4. The number of likely N-dealkylation sites (tertiary alicyclic amines) is 1. The number of ether oxygens (including phenoxy) is 2. The van der Waals surface area contributed by atoms with Crippen molar-refractivity contribution in [3.8, 4) is 5.75 Å². The van der Waals surface area contributed by atoms with Crippen LogP contribution in [0.5, 0.6) is 5.75 Å². The van der Waals surface area contributed by atoms with E-state index in [2.05, 4.69) is 0 Å². The first-order valence-corrected chi connectivity index (χ1v) is 8.61. The van der Waals surface area contributed by atoms with E-state index in [9.17, 15) is 14.0 Å². The maximum absolute atomic E-state index is 13.8. The van der Waals surface area contributed by atoms with Crippen LogP contribution in [0.2, 0.25) is 0 Å². The highest BCUT2D eigenvalue weighted by molar-refractivity contribution is 5.95. The summed E-state index contributed by atoms with van der Waals surface area (Å²) in [6.07, 6.45) is 2.84. The first kappa shape index (κ1) is 18.6. The standard InChI is InChI=1S/C21H20FNO4/c1-26-21(25)18-13-16(27-19-10-6-5-9-17(19)22)14-23(18)20(24)12-11-15-7-3-2-4-8-15/h2-12,16,18H,13-14H2,1H3/b12-11+. The molecule has 2 unspecified atom stereocenters. The molecule has 0 N–H and O–H groups in total. The Morgan fingerprint density at radius 3 is 2.52 bits per heavy atom. The fourth-order valence-corrected chi connectivity index (χ4v) is 3.03. The lowest BCUT2D eigenvalue weighted by Gasteiger charge is -2.20. The molecule has 1 heterocycles. The summed E-state index contributed by atoms with van der Waals surface area (Å²) in [6.45, 7) is 0.173. The second kappa shape index (κ2) is 8.49. The van der Waals surface area contributed by atoms with Crippen molar-refractivity contribution in [2.45, 2.75) is 18.6 Å². The van der Waals surface area contributed by atoms with Gasteiger partial charge in [0.1, 0.15) is 12.1 Å². The van der Waals surface area contributed by atoms with Gasteiger partial charge < -0.3 is 14.4 Å². The molecule has 1 fully saturated rings. The number of para-hydroxylation sites is 1. The molecule has 2 aromatic rings. The van der Waals surface area contributed by atoms with Crippen LogP contribution in [0.4, 0.5) is 4.39 Å². The summed E-state index contributed by atoms with van der Waals surface area (Å²) in [5, 5.41) is 0. The SMILES string of the molecule is COC(=O)C1CC(Oc2ccccc2F)CN1C(=O)/C=C/c1ccccc1. The number of hydrogen-bond donors (Lipinski definition) is 0. The summed E-state index contributed by atoms with van der Waals surface area (Å²) in [5.41, 5.74) is 0.874. The smallest absolute Gasteiger partial charge is 0.328 e. The lowest BCUT2D eigenvalue weighted by atomic mass is 10.2. The Bertz CT molecular complexity index is 837. The van der Waals surface area contributed by atoms with Gasteiger partial charge in [0.2, 0.25) is 5.91 Å². The third-order valence-electron chi connectivity index (χ3n) is 4.37. The molecule has 6 heteroatoms. The van der Waals surface area contributed by atoms with E-state index in [1.807, 2.05) is 30.3 Å². The average molecular weight is 369 g/mol. The number of carbonyl (C=O) groups is 2. The number of amides is 1. The van der Waals surface area contributed by atoms with E-state index in [4.69, 9.17) is 9.47 Å². The molecule has 0 aliphatic carbocycles. The molecule has 2 atom stereocenters. The van der Waals surface area contributed by atoms with Crippen molar-refractivity contribution in [1.29, 1.82) is 0 Å². The fraction of sp³-hybridized carbons (Fsp3) is 0.238. The van der Waals surface area contributed by atoms with Gasteiger partial charge in [-0.15, -0.1) is 0 Å². The van der Waals surface area contributed by atoms with Crippen molar-refractivity contribution < 1.29 is 23.5 Å². The van der Waals surface area contributed by atoms with Crippen molar-refractivity contribution in [1.82, 2.24) is 4.90 Å². The van der Waals surface area contributed by atoms with Crippen LogP contribution in [0.3, 0.4) is 0 Å². The molecule has 1 aliphatic heterocycles. The van der Waals surface area contributed by atoms with Gasteiger partial charge in [-0.2, -0.15) is 0 Å². The molecule has 0 bridgehead atoms. The highest BCUT2D eigenvalue weighted by atomic mass is 19.1. The van der Waals surface area contributed by atoms with Crippen LogP contribution in [-0.4, -0.2) is 42.6 Å². The molecule has 0 radical (unpaired) electrons. The van der Waals surface area contributed by atoms with Gasteiger partial charge in [-0.25, -0.2) is 9.18 Å². The number of carbonyl (C=O) groups excluding carboxylic acids is 2. The number of halogens is 1. The molecule has 2 aromatic carbocycles. The van der Waals surface area contributed by atoms with Crippen LogP contribution in [0.15, 0.2) is 60.7 Å². The van der Waals surface area contributed by atoms with Gasteiger partial charge in [0.05, 0.1) is 13.7 Å². The molecule has 140 valence electrons. The fourth-order valence-electron chi connectivity index (χ4n) is 3.03. The summed E-state index contributed by atoms with van der Waals surface area (Å²) in [4.78, 5) is 26.1. The zero-order valence-corrected chi connectivity index (χ0v) is 14.9. The monoisotopic (exact) mass is 369 g/mol. The molecule has 0 spiro atoms. The van der Waals surface area contributed by atoms with E-state index in [1.54, 1.807) is 18.2 Å². The number of nitrogens with zero attached hydrogens (tertiary/aromatic N) is 1. The molecule has 5 nitrogen and oxygen atoms in total. The normalized spacial score (nSPS) is 19.3. The zero-order chi connectivity index (χ0) is 19.2. The summed E-state index contributed by atoms with van der Waals surface area (Å²) in [5.74, 6) is -1.23. The predicted molar refractivity (Wildman–Crippen MR) is 98.4 cm³/mol. The minimum atomic E-state index is -0.764. The Morgan fingerprint density at radius 1 is 1.11 bits per heavy atom. The topological polar surface area (TPSA) is 55.8 Å². The second-order valence-electron chi connectivity index (χ2n) is 6.18. The quantitative estimate of drug-likeness (QED) is 0.600. The average Bonchev–Trinajstić information content (AvgIpc) is 3.12. The van der Waals surface area contributed by atoms with Gasteiger partial charge in [0.25, 0.3) is 0 Å². The van der Waals surface area contributed by atoms with Gasteiger partial charge in [-0.1, -0.05) is 42.5 Å². The first-order valence-electron chi connectivity index (χ1n) is 8.61. The largest absolute Gasteiger partial charge is 0.485 e. The molecule has 0 aromatic heterocycles. The molecule has 27 heavy (non-hydrogen) atoms. The number of hydrogen-bond acceptors (Lipinski definition) is 4. The first-order chi connectivity index (χ1) is 13.1. The summed E-state index contributed by atoms with van der Waals surface area (Å²) in [7, 11) is 1.27. The summed E-state index contributed by atoms with van der Waals surface area (Å²) >= 11 is 0. The van der Waals surface area contributed by atoms with Gasteiger partial charge in [0, 0.05) is 12.5 Å². The van der Waals surface area contributed by atoms with Crippen LogP contribution in [0.1, 0.15) is 12.0 Å². The Hall–Kier alpha value is -3.15. The number of esters is 1. The van der Waals surface area contributed by atoms with Crippen molar-refractivity contribution in [2.75, 3.05) is 13.7 Å². The maximum atomic E-state index is 13.8. The molecule has 1 aliphatic rings. The Kier molecular flexibility index (Phi) is 5.86. The van der Waals surface area contributed by atoms with Crippen molar-refractivity contribution in [3.63, 3.8) is 0 Å². The number of benzene rings is 2. The van der Waals surface area contributed by atoms with Crippen LogP contribution < -0.4 is 4.74 Å². The molecule has 1 saturated heterocycles. The lowest BCUT2D eigenvalue weighted by Crippen LogP contribution is -2.40. The minimum Gasteiger partial charge on any atom is -0.485 e. The Labute approximate surface area is 157 Å². The highest BCUT2D eigenvalue weighted by Gasteiger charge is 2.41. The van der Waals surface area contributed by atoms with E-state index in [1.165, 1.54) is 30.2 Å². The van der Waals surface area contributed by atoms with Crippen molar-refractivity contribution in [2.24, 2.45) is 0 Å². The van der Waals surface area contributed by atoms with Crippen LogP contribution in [0.25, 0.3) is 6.08 Å². The van der Waals surface area contributed by atoms with Crippen LogP contribution in [-0.2, 0) is 14.3 Å². The molecule has 3 rings (SSSR count). The van der Waals surface area contributed by atoms with Crippen LogP contribution in [0, 0.1) is 5.82 Å². The van der Waals surface area contributed by atoms with E-state index in [0.29, 0.717) is 0 Å². The minimum absolute atomic E-state index is 0.0974. The molecule has 1 amide bonds. The maximum Gasteiger partial charge on any atom is 0.328 e. The molecule has 0 saturated carbocycles. The van der Waals surface area contributed by atoms with Crippen molar-refractivity contribution in [3.05, 3.63) is 72.1 Å². The van der Waals surface area contributed by atoms with Gasteiger partial charge in [-0.3, -0.25) is 4.79 Å². The number of methoxy groups -OCH3 is 1. The highest BCUT2D eigenvalue weighted by Crippen LogP contribution is 2.26.